The molecule has 12 aromatic rings. The average molecular weight is 2880 g/mol. The van der Waals surface area contributed by atoms with Gasteiger partial charge in [0.25, 0.3) is 0 Å². The van der Waals surface area contributed by atoms with Gasteiger partial charge in [0.05, 0.1) is 22.1 Å². The molecule has 109 heavy (non-hydrogen) atoms. The quantitative estimate of drug-likeness (QED) is 0.0566. The topological polar surface area (TPSA) is 62.7 Å². The first-order chi connectivity index (χ1) is 49.3. The third-order valence-electron chi connectivity index (χ3n) is 24.2. The molecular weight excluding hydrogens is 2770 g/mol. The van der Waals surface area contributed by atoms with Gasteiger partial charge in [-0.05, 0) is 135 Å². The molecule has 16 rings (SSSR count). The summed E-state index contributed by atoms with van der Waals surface area (Å²) in [5.41, 5.74) is 17.1. The molecule has 0 N–H and O–H groups in total. The molecule has 602 valence electrons. The third-order valence-corrected chi connectivity index (χ3v) is 24.2. The number of pyridine rings is 3. The minimum atomic E-state index is 0. The molecule has 4 aliphatic rings. The number of rotatable bonds is 24. The van der Waals surface area contributed by atoms with E-state index in [1.54, 1.807) is 11.1 Å². The van der Waals surface area contributed by atoms with Crippen molar-refractivity contribution >= 4 is 65.4 Å². The minimum absolute atomic E-state index is 0. The van der Waals surface area contributed by atoms with Gasteiger partial charge in [-0.3, -0.25) is 9.13 Å². The van der Waals surface area contributed by atoms with Crippen LogP contribution in [-0.4, -0.2) is 41.9 Å². The first-order valence-corrected chi connectivity index (χ1v) is 39.7. The average Bonchev–Trinajstić information content (AvgIpc) is 1.58. The second-order valence-corrected chi connectivity index (χ2v) is 29.9. The number of hydrogen-bond donors (Lipinski definition) is 0. The third kappa shape index (κ3) is 18.7. The van der Waals surface area contributed by atoms with E-state index in [0.717, 1.165) is 37.7 Å². The van der Waals surface area contributed by atoms with Gasteiger partial charge in [-0.1, -0.05) is 280 Å². The van der Waals surface area contributed by atoms with Crippen LogP contribution in [0.2, 0.25) is 0 Å². The molecule has 0 aliphatic carbocycles. The minimum Gasteiger partial charge on any atom is -0.381 e. The van der Waals surface area contributed by atoms with Crippen LogP contribution < -0.4 is 0 Å². The van der Waals surface area contributed by atoms with Gasteiger partial charge in [0.15, 0.2) is 0 Å². The van der Waals surface area contributed by atoms with Crippen molar-refractivity contribution < 1.29 is 166 Å². The van der Waals surface area contributed by atoms with E-state index >= 15 is 0 Å². The SMILES string of the molecule is C.C1CCOC1.CCCCC1(CCCC)c2cccnc2-n2c3[c-]cccc3c3cccc(c32)C1(CCCC)CCCC.CCCCC1(CCCC)c2cccnc2-n2c3ccccc3c3cccc(c32)C1(CCCC)CCCC.[Ir].[Ir].[Ir].[Ir].[Ir].[Ir].[Ir].[Ir].c1cnc2c(c1)CCc1cccc3c4ccccc4n-2c13. The van der Waals surface area contributed by atoms with E-state index in [-0.39, 0.29) is 190 Å². The maximum atomic E-state index is 5.23. The molecule has 6 aromatic heterocycles. The summed E-state index contributed by atoms with van der Waals surface area (Å²) < 4.78 is 12.4. The van der Waals surface area contributed by atoms with E-state index in [1.807, 2.05) is 24.7 Å². The first kappa shape index (κ1) is 98.7. The van der Waals surface area contributed by atoms with E-state index < -0.39 is 0 Å². The Morgan fingerprint density at radius 2 is 0.642 bits per heavy atom. The molecule has 0 unspecified atom stereocenters. The van der Waals surface area contributed by atoms with Crippen molar-refractivity contribution in [2.24, 2.45) is 0 Å². The van der Waals surface area contributed by atoms with Crippen LogP contribution in [0.5, 0.6) is 0 Å². The fourth-order valence-corrected chi connectivity index (χ4v) is 19.5. The van der Waals surface area contributed by atoms with Crippen LogP contribution in [0.4, 0.5) is 0 Å². The number of ether oxygens (including phenoxy) is 1. The Morgan fingerprint density at radius 1 is 0.321 bits per heavy atom. The molecule has 0 amide bonds. The van der Waals surface area contributed by atoms with E-state index in [9.17, 15) is 0 Å². The Labute approximate surface area is 761 Å². The second kappa shape index (κ2) is 46.3. The Bertz CT molecular complexity index is 4500. The van der Waals surface area contributed by atoms with Crippen molar-refractivity contribution in [3.8, 4) is 17.5 Å². The zero-order valence-electron chi connectivity index (χ0n) is 64.7. The molecule has 1 fully saturated rings. The molecule has 4 aliphatic heterocycles. The van der Waals surface area contributed by atoms with Crippen molar-refractivity contribution in [3.05, 3.63) is 216 Å². The summed E-state index contributed by atoms with van der Waals surface area (Å²) >= 11 is 0. The van der Waals surface area contributed by atoms with Gasteiger partial charge in [0, 0.05) is 252 Å². The van der Waals surface area contributed by atoms with Gasteiger partial charge in [0.2, 0.25) is 0 Å². The molecule has 0 spiro atoms. The molecule has 6 aromatic carbocycles. The molecule has 7 nitrogen and oxygen atoms in total. The zero-order valence-corrected chi connectivity index (χ0v) is 83.9. The number of para-hydroxylation sites is 6. The standard InChI is InChI=1S/C35H46N2.C35H45N2.C19H14N2.C4H8O.CH4.8Ir/c2*1-5-9-22-34(23-10-6-2)29-19-15-18-28-27-17-13-14-21-31(27)37(32(28)29)33-30(20-16-26-36-33)35(34,24-11-7-3)25-12-8-4;1-2-9-17-15(7-1)16-8-3-5-13-10-11-14-6-4-12-20-19(14)21(17)18(13)16;1-2-4-5-3-1;;;;;;;;;/h13-21,26H,5-12,22-25H2,1-4H3;13-20,26H,5-12,22-25H2,1-4H3;1-9,12H,10-11H2;1-4H2;1H4;;;;;;;;/q;-1;;;;;;;;;;;. The van der Waals surface area contributed by atoms with E-state index in [1.165, 1.54) is 260 Å². The van der Waals surface area contributed by atoms with Crippen LogP contribution in [0.1, 0.15) is 263 Å². The van der Waals surface area contributed by atoms with Crippen molar-refractivity contribution in [1.29, 1.82) is 0 Å². The Hall–Kier alpha value is -2.68. The summed E-state index contributed by atoms with van der Waals surface area (Å²) in [6.45, 7) is 20.9. The number of aromatic nitrogens is 6. The Morgan fingerprint density at radius 3 is 1.07 bits per heavy atom. The van der Waals surface area contributed by atoms with Gasteiger partial charge in [-0.15, -0.1) is 5.39 Å². The molecule has 0 saturated carbocycles. The van der Waals surface area contributed by atoms with E-state index in [0.29, 0.717) is 0 Å². The Kier molecular flexibility index (Phi) is 41.9. The molecule has 10 heterocycles. The fraction of sp³-hybridized carbons (Fsp3) is 0.457. The van der Waals surface area contributed by atoms with Crippen LogP contribution in [0.25, 0.3) is 82.9 Å². The summed E-state index contributed by atoms with van der Waals surface area (Å²) in [6, 6.07) is 62.4. The summed E-state index contributed by atoms with van der Waals surface area (Å²) in [7, 11) is 0. The maximum Gasteiger partial charge on any atom is 0.141 e. The summed E-state index contributed by atoms with van der Waals surface area (Å²) in [5.74, 6) is 3.43. The van der Waals surface area contributed by atoms with Crippen molar-refractivity contribution in [3.63, 3.8) is 0 Å². The summed E-state index contributed by atoms with van der Waals surface area (Å²) in [5, 5.41) is 8.05. The smallest absolute Gasteiger partial charge is 0.141 e. The van der Waals surface area contributed by atoms with Gasteiger partial charge in [-0.25, -0.2) is 15.0 Å². The van der Waals surface area contributed by atoms with E-state index in [2.05, 4.69) is 232 Å². The number of hydrogen-bond acceptors (Lipinski definition) is 4. The number of benzene rings is 6. The summed E-state index contributed by atoms with van der Waals surface area (Å²) in [4.78, 5) is 15.1. The second-order valence-electron chi connectivity index (χ2n) is 29.9. The van der Waals surface area contributed by atoms with Crippen LogP contribution in [0, 0.1) is 6.07 Å². The zero-order chi connectivity index (χ0) is 69.1. The molecule has 0 bridgehead atoms. The van der Waals surface area contributed by atoms with Gasteiger partial charge >= 0.3 is 0 Å². The van der Waals surface area contributed by atoms with Gasteiger partial charge in [0.1, 0.15) is 17.5 Å². The van der Waals surface area contributed by atoms with Crippen molar-refractivity contribution in [2.75, 3.05) is 13.2 Å². The van der Waals surface area contributed by atoms with Gasteiger partial charge in [-0.2, -0.15) is 24.3 Å². The predicted molar refractivity (Wildman–Crippen MR) is 432 cm³/mol. The maximum absolute atomic E-state index is 5.23. The number of unbranched alkanes of at least 4 members (excludes halogenated alkanes) is 8. The predicted octanol–water partition coefficient (Wildman–Crippen LogP) is 26.3. The number of nitrogens with zero attached hydrogens (tertiary/aromatic N) is 6. The van der Waals surface area contributed by atoms with Crippen molar-refractivity contribution in [2.45, 2.75) is 264 Å². The Balaban J connectivity index is 0.000000330. The normalized spacial score (nSPS) is 14.3. The number of fused-ring (bicyclic) bond motifs is 15. The van der Waals surface area contributed by atoms with Crippen molar-refractivity contribution in [1.82, 2.24) is 28.7 Å². The first-order valence-electron chi connectivity index (χ1n) is 39.7. The van der Waals surface area contributed by atoms with Gasteiger partial charge < -0.3 is 9.30 Å². The monoisotopic (exact) mass is 2890 g/mol. The van der Waals surface area contributed by atoms with Crippen LogP contribution >= 0.6 is 0 Å². The molecule has 1 saturated heterocycles. The van der Waals surface area contributed by atoms with E-state index in [4.69, 9.17) is 14.7 Å². The number of aryl methyl sites for hydroxylation is 2. The largest absolute Gasteiger partial charge is 0.381 e. The molecule has 15 heteroatoms. The molecule has 8 radical (unpaired) electrons. The van der Waals surface area contributed by atoms with Crippen LogP contribution in [-0.2, 0) is 200 Å². The van der Waals surface area contributed by atoms with Crippen LogP contribution in [0.15, 0.2) is 176 Å². The molecular formula is C94H117Ir8N6O-. The van der Waals surface area contributed by atoms with Crippen LogP contribution in [0.3, 0.4) is 0 Å². The fourth-order valence-electron chi connectivity index (χ4n) is 19.5. The molecule has 0 atom stereocenters. The summed E-state index contributed by atoms with van der Waals surface area (Å²) in [6.07, 6.45) is 40.6.